The van der Waals surface area contributed by atoms with Crippen LogP contribution in [-0.2, 0) is 26.7 Å². The van der Waals surface area contributed by atoms with Gasteiger partial charge < -0.3 is 4.74 Å². The SMILES string of the molecule is C[C@H]1CC[C@H](c2ccccc2)S(=O)(=O)N1Cc1ccc(C2(CC#N)COC2)cc1F. The van der Waals surface area contributed by atoms with E-state index in [9.17, 15) is 12.8 Å². The Morgan fingerprint density at radius 1 is 1.20 bits per heavy atom. The van der Waals surface area contributed by atoms with Gasteiger partial charge >= 0.3 is 0 Å². The number of benzene rings is 2. The summed E-state index contributed by atoms with van der Waals surface area (Å²) in [7, 11) is -3.62. The lowest BCUT2D eigenvalue weighted by Crippen LogP contribution is -2.46. The van der Waals surface area contributed by atoms with Gasteiger partial charge in [-0.2, -0.15) is 9.57 Å². The molecule has 0 aliphatic carbocycles. The lowest BCUT2D eigenvalue weighted by Gasteiger charge is -2.40. The van der Waals surface area contributed by atoms with Crippen molar-refractivity contribution in [3.8, 4) is 6.07 Å². The van der Waals surface area contributed by atoms with Crippen molar-refractivity contribution in [2.75, 3.05) is 13.2 Å². The van der Waals surface area contributed by atoms with Crippen molar-refractivity contribution in [3.05, 3.63) is 71.0 Å². The van der Waals surface area contributed by atoms with Crippen LogP contribution in [0.5, 0.6) is 0 Å². The fourth-order valence-corrected chi connectivity index (χ4v) is 6.58. The third-order valence-corrected chi connectivity index (χ3v) is 8.73. The van der Waals surface area contributed by atoms with Gasteiger partial charge in [0.05, 0.1) is 24.7 Å². The summed E-state index contributed by atoms with van der Waals surface area (Å²) in [6, 6.07) is 16.1. The van der Waals surface area contributed by atoms with E-state index in [1.807, 2.05) is 37.3 Å². The first kappa shape index (κ1) is 21.0. The Labute approximate surface area is 177 Å². The molecule has 2 aliphatic heterocycles. The smallest absolute Gasteiger partial charge is 0.221 e. The number of ether oxygens (including phenoxy) is 1. The highest BCUT2D eigenvalue weighted by Gasteiger charge is 2.42. The van der Waals surface area contributed by atoms with Crippen LogP contribution in [0, 0.1) is 17.1 Å². The Morgan fingerprint density at radius 3 is 2.53 bits per heavy atom. The van der Waals surface area contributed by atoms with Crippen molar-refractivity contribution in [2.24, 2.45) is 0 Å². The topological polar surface area (TPSA) is 70.4 Å². The number of hydrogen-bond donors (Lipinski definition) is 0. The van der Waals surface area contributed by atoms with Gasteiger partial charge in [-0.25, -0.2) is 12.8 Å². The number of sulfonamides is 1. The van der Waals surface area contributed by atoms with Crippen LogP contribution < -0.4 is 0 Å². The Kier molecular flexibility index (Phi) is 5.67. The maximum atomic E-state index is 15.0. The van der Waals surface area contributed by atoms with E-state index in [1.54, 1.807) is 12.1 Å². The minimum atomic E-state index is -3.62. The van der Waals surface area contributed by atoms with E-state index in [-0.39, 0.29) is 19.0 Å². The largest absolute Gasteiger partial charge is 0.379 e. The molecule has 7 heteroatoms. The van der Waals surface area contributed by atoms with Crippen LogP contribution >= 0.6 is 0 Å². The first-order valence-electron chi connectivity index (χ1n) is 10.2. The second-order valence-corrected chi connectivity index (χ2v) is 10.4. The average Bonchev–Trinajstić information content (AvgIpc) is 2.69. The van der Waals surface area contributed by atoms with Crippen LogP contribution in [0.1, 0.15) is 48.1 Å². The van der Waals surface area contributed by atoms with Gasteiger partial charge in [0.25, 0.3) is 0 Å². The maximum absolute atomic E-state index is 15.0. The molecule has 2 heterocycles. The zero-order chi connectivity index (χ0) is 21.4. The van der Waals surface area contributed by atoms with Gasteiger partial charge in [-0.15, -0.1) is 0 Å². The van der Waals surface area contributed by atoms with Crippen molar-refractivity contribution in [1.82, 2.24) is 4.31 Å². The standard InChI is InChI=1S/C23H25FN2O3S/c1-17-7-10-22(18-5-3-2-4-6-18)30(27,28)26(17)14-19-8-9-20(13-21(19)24)23(11-12-25)15-29-16-23/h2-6,8-9,13,17,22H,7,10-11,14-16H2,1H3/t17-,22+/m0/s1. The van der Waals surface area contributed by atoms with E-state index in [2.05, 4.69) is 6.07 Å². The minimum absolute atomic E-state index is 0.000691. The molecule has 2 saturated heterocycles. The monoisotopic (exact) mass is 428 g/mol. The van der Waals surface area contributed by atoms with Gasteiger partial charge in [-0.1, -0.05) is 42.5 Å². The highest BCUT2D eigenvalue weighted by molar-refractivity contribution is 7.89. The van der Waals surface area contributed by atoms with Crippen LogP contribution in [-0.4, -0.2) is 32.0 Å². The number of hydrogen-bond acceptors (Lipinski definition) is 4. The van der Waals surface area contributed by atoms with E-state index >= 15 is 0 Å². The fraction of sp³-hybridized carbons (Fsp3) is 0.435. The first-order valence-corrected chi connectivity index (χ1v) is 11.7. The summed E-state index contributed by atoms with van der Waals surface area (Å²) in [6.07, 6.45) is 1.55. The summed E-state index contributed by atoms with van der Waals surface area (Å²) in [5.74, 6) is -0.444. The van der Waals surface area contributed by atoms with Gasteiger partial charge in [-0.3, -0.25) is 0 Å². The van der Waals surface area contributed by atoms with E-state index in [0.29, 0.717) is 25.2 Å². The molecule has 2 aromatic rings. The molecule has 2 fully saturated rings. The van der Waals surface area contributed by atoms with Crippen LogP contribution in [0.2, 0.25) is 0 Å². The van der Waals surface area contributed by atoms with E-state index in [0.717, 1.165) is 17.5 Å². The molecule has 0 spiro atoms. The van der Waals surface area contributed by atoms with Gasteiger partial charge in [0.1, 0.15) is 11.1 Å². The minimum Gasteiger partial charge on any atom is -0.379 e. The Morgan fingerprint density at radius 2 is 1.93 bits per heavy atom. The summed E-state index contributed by atoms with van der Waals surface area (Å²) < 4.78 is 48.4. The number of nitrogens with zero attached hydrogens (tertiary/aromatic N) is 2. The zero-order valence-corrected chi connectivity index (χ0v) is 17.7. The molecule has 0 aromatic heterocycles. The van der Waals surface area contributed by atoms with Crippen molar-refractivity contribution in [2.45, 2.75) is 49.4 Å². The molecule has 0 unspecified atom stereocenters. The molecule has 4 rings (SSSR count). The normalized spacial score (nSPS) is 25.2. The number of nitriles is 1. The van der Waals surface area contributed by atoms with Crippen molar-refractivity contribution >= 4 is 10.0 Å². The summed E-state index contributed by atoms with van der Waals surface area (Å²) in [4.78, 5) is 0. The quantitative estimate of drug-likeness (QED) is 0.720. The molecule has 30 heavy (non-hydrogen) atoms. The summed E-state index contributed by atoms with van der Waals surface area (Å²) in [5, 5.41) is 8.49. The molecule has 2 atom stereocenters. The lowest BCUT2D eigenvalue weighted by molar-refractivity contribution is -0.0578. The molecular formula is C23H25FN2O3S. The van der Waals surface area contributed by atoms with Crippen molar-refractivity contribution in [3.63, 3.8) is 0 Å². The highest BCUT2D eigenvalue weighted by atomic mass is 32.2. The first-order chi connectivity index (χ1) is 14.4. The molecule has 0 N–H and O–H groups in total. The van der Waals surface area contributed by atoms with Crippen LogP contribution in [0.3, 0.4) is 0 Å². The van der Waals surface area contributed by atoms with Crippen LogP contribution in [0.15, 0.2) is 48.5 Å². The molecule has 158 valence electrons. The molecule has 0 amide bonds. The molecule has 5 nitrogen and oxygen atoms in total. The summed E-state index contributed by atoms with van der Waals surface area (Å²) in [6.45, 7) is 2.67. The van der Waals surface area contributed by atoms with Gasteiger partial charge in [-0.05, 0) is 37.0 Å². The molecule has 0 bridgehead atoms. The Bertz CT molecular complexity index is 1060. The number of halogens is 1. The third kappa shape index (κ3) is 3.64. The summed E-state index contributed by atoms with van der Waals surface area (Å²) in [5.41, 5.74) is 1.38. The molecular weight excluding hydrogens is 403 g/mol. The fourth-order valence-electron chi connectivity index (χ4n) is 4.40. The summed E-state index contributed by atoms with van der Waals surface area (Å²) >= 11 is 0. The van der Waals surface area contributed by atoms with Gasteiger partial charge in [0.15, 0.2) is 0 Å². The molecule has 0 radical (unpaired) electrons. The van der Waals surface area contributed by atoms with Crippen LogP contribution in [0.25, 0.3) is 0 Å². The van der Waals surface area contributed by atoms with Gasteiger partial charge in [0, 0.05) is 24.6 Å². The van der Waals surface area contributed by atoms with Crippen molar-refractivity contribution < 1.29 is 17.5 Å². The number of rotatable bonds is 5. The second-order valence-electron chi connectivity index (χ2n) is 8.33. The van der Waals surface area contributed by atoms with Crippen LogP contribution in [0.4, 0.5) is 4.39 Å². The van der Waals surface area contributed by atoms with E-state index < -0.39 is 26.5 Å². The molecule has 2 aliphatic rings. The second kappa shape index (κ2) is 8.10. The predicted molar refractivity (Wildman–Crippen MR) is 111 cm³/mol. The predicted octanol–water partition coefficient (Wildman–Crippen LogP) is 4.06. The highest BCUT2D eigenvalue weighted by Crippen LogP contribution is 2.39. The van der Waals surface area contributed by atoms with E-state index in [4.69, 9.17) is 10.00 Å². The van der Waals surface area contributed by atoms with Crippen molar-refractivity contribution in [1.29, 1.82) is 5.26 Å². The van der Waals surface area contributed by atoms with Gasteiger partial charge in [0.2, 0.25) is 10.0 Å². The molecule has 0 saturated carbocycles. The maximum Gasteiger partial charge on any atom is 0.221 e. The molecule has 2 aromatic carbocycles. The Balaban J connectivity index is 1.60. The Hall–Kier alpha value is -2.27. The average molecular weight is 429 g/mol. The zero-order valence-electron chi connectivity index (χ0n) is 16.9. The van der Waals surface area contributed by atoms with E-state index in [1.165, 1.54) is 10.4 Å². The third-order valence-electron chi connectivity index (χ3n) is 6.36. The lowest BCUT2D eigenvalue weighted by atomic mass is 9.76.